The molecule has 0 atom stereocenters. The molecule has 48 valence electrons. The molecule has 0 aromatic heterocycles. The van der Waals surface area contributed by atoms with E-state index in [4.69, 9.17) is 0 Å². The Morgan fingerprint density at radius 1 is 1.25 bits per heavy atom. The quantitative estimate of drug-likeness (QED) is 0.450. The summed E-state index contributed by atoms with van der Waals surface area (Å²) in [6, 6.07) is 0. The van der Waals surface area contributed by atoms with Crippen LogP contribution in [-0.4, -0.2) is 24.2 Å². The van der Waals surface area contributed by atoms with Gasteiger partial charge < -0.3 is 0 Å². The monoisotopic (exact) mass is 148 g/mol. The zero-order valence-corrected chi connectivity index (χ0v) is 6.93. The van der Waals surface area contributed by atoms with E-state index >= 15 is 0 Å². The Kier molecular flexibility index (Phi) is 3.22. The fourth-order valence-electron chi connectivity index (χ4n) is 1.15. The highest BCUT2D eigenvalue weighted by Crippen LogP contribution is 2.42. The van der Waals surface area contributed by atoms with Gasteiger partial charge in [0.05, 0.1) is 0 Å². The predicted molar refractivity (Wildman–Crippen MR) is 44.6 cm³/mol. The molecule has 1 heterocycles. The summed E-state index contributed by atoms with van der Waals surface area (Å²) in [4.78, 5) is 0. The van der Waals surface area contributed by atoms with E-state index in [1.165, 1.54) is 31.3 Å². The summed E-state index contributed by atoms with van der Waals surface area (Å²) in [6.45, 7) is 0. The number of hydrogen-bond donors (Lipinski definition) is 1. The third kappa shape index (κ3) is 1.95. The molecule has 0 bridgehead atoms. The summed E-state index contributed by atoms with van der Waals surface area (Å²) >= 11 is 4.21. The molecule has 0 unspecified atom stereocenters. The summed E-state index contributed by atoms with van der Waals surface area (Å²) < 4.78 is 0. The zero-order valence-electron chi connectivity index (χ0n) is 5.14. The van der Waals surface area contributed by atoms with Crippen molar-refractivity contribution in [2.75, 3.05) is 24.2 Å². The minimum atomic E-state index is 0.478. The van der Waals surface area contributed by atoms with E-state index in [-0.39, 0.29) is 0 Å². The predicted octanol–water partition coefficient (Wildman–Crippen LogP) is 2.19. The van der Waals surface area contributed by atoms with Crippen molar-refractivity contribution in [3.8, 4) is 0 Å². The standard InChI is InChI=1S/C6H13PS/c8-6-5-7-3-1-2-4-7/h8H,1-6H2. The zero-order chi connectivity index (χ0) is 5.82. The molecule has 0 N–H and O–H groups in total. The van der Waals surface area contributed by atoms with Gasteiger partial charge in [-0.05, 0) is 37.1 Å². The van der Waals surface area contributed by atoms with Gasteiger partial charge in [-0.15, -0.1) is 7.92 Å². The van der Waals surface area contributed by atoms with E-state index in [1.54, 1.807) is 0 Å². The van der Waals surface area contributed by atoms with E-state index < -0.39 is 0 Å². The Hall–Kier alpha value is 0.780. The average molecular weight is 148 g/mol. The molecule has 1 aliphatic rings. The Morgan fingerprint density at radius 2 is 1.88 bits per heavy atom. The Balaban J connectivity index is 2.06. The molecule has 2 heteroatoms. The minimum Gasteiger partial charge on any atom is -0.179 e. The lowest BCUT2D eigenvalue weighted by atomic mass is 10.4. The van der Waals surface area contributed by atoms with Crippen molar-refractivity contribution >= 4 is 20.6 Å². The fraction of sp³-hybridized carbons (Fsp3) is 1.00. The van der Waals surface area contributed by atoms with Crippen LogP contribution in [0.2, 0.25) is 0 Å². The maximum Gasteiger partial charge on any atom is -0.00585 e. The first-order valence-electron chi connectivity index (χ1n) is 3.26. The van der Waals surface area contributed by atoms with Crippen LogP contribution in [0.4, 0.5) is 0 Å². The van der Waals surface area contributed by atoms with Crippen molar-refractivity contribution in [3.05, 3.63) is 0 Å². The average Bonchev–Trinajstić information content (AvgIpc) is 2.19. The molecule has 8 heavy (non-hydrogen) atoms. The van der Waals surface area contributed by atoms with Gasteiger partial charge in [0.2, 0.25) is 0 Å². The van der Waals surface area contributed by atoms with E-state index in [9.17, 15) is 0 Å². The third-order valence-corrected chi connectivity index (χ3v) is 4.94. The second kappa shape index (κ2) is 3.74. The Morgan fingerprint density at radius 3 is 2.38 bits per heavy atom. The second-order valence-electron chi connectivity index (χ2n) is 2.27. The van der Waals surface area contributed by atoms with Crippen LogP contribution in [0.1, 0.15) is 12.8 Å². The maximum absolute atomic E-state index is 4.21. The van der Waals surface area contributed by atoms with Crippen LogP contribution >= 0.6 is 20.6 Å². The van der Waals surface area contributed by atoms with Crippen LogP contribution in [0, 0.1) is 0 Å². The van der Waals surface area contributed by atoms with Gasteiger partial charge in [-0.1, -0.05) is 0 Å². The number of hydrogen-bond acceptors (Lipinski definition) is 1. The number of thiol groups is 1. The van der Waals surface area contributed by atoms with E-state index in [2.05, 4.69) is 12.6 Å². The topological polar surface area (TPSA) is 0 Å². The molecule has 0 nitrogen and oxygen atoms in total. The number of rotatable bonds is 2. The molecule has 0 amide bonds. The van der Waals surface area contributed by atoms with Crippen LogP contribution in [0.5, 0.6) is 0 Å². The smallest absolute Gasteiger partial charge is 0.00585 e. The molecular formula is C6H13PS. The van der Waals surface area contributed by atoms with Crippen LogP contribution < -0.4 is 0 Å². The van der Waals surface area contributed by atoms with E-state index in [1.807, 2.05) is 0 Å². The van der Waals surface area contributed by atoms with Crippen molar-refractivity contribution in [3.63, 3.8) is 0 Å². The summed E-state index contributed by atoms with van der Waals surface area (Å²) in [5.41, 5.74) is 0. The highest BCUT2D eigenvalue weighted by molar-refractivity contribution is 7.80. The van der Waals surface area contributed by atoms with Gasteiger partial charge in [-0.25, -0.2) is 0 Å². The van der Waals surface area contributed by atoms with Gasteiger partial charge >= 0.3 is 0 Å². The molecule has 0 aromatic rings. The molecule has 0 spiro atoms. The molecule has 0 aromatic carbocycles. The van der Waals surface area contributed by atoms with Crippen LogP contribution in [0.25, 0.3) is 0 Å². The molecule has 1 fully saturated rings. The SMILES string of the molecule is SCCP1CCCC1. The summed E-state index contributed by atoms with van der Waals surface area (Å²) in [7, 11) is 0.478. The van der Waals surface area contributed by atoms with Crippen molar-refractivity contribution in [2.24, 2.45) is 0 Å². The Labute approximate surface area is 58.2 Å². The summed E-state index contributed by atoms with van der Waals surface area (Å²) in [6.07, 6.45) is 7.49. The highest BCUT2D eigenvalue weighted by Gasteiger charge is 2.11. The first-order chi connectivity index (χ1) is 3.93. The highest BCUT2D eigenvalue weighted by atomic mass is 32.1. The van der Waals surface area contributed by atoms with Crippen LogP contribution in [0.15, 0.2) is 0 Å². The van der Waals surface area contributed by atoms with Gasteiger partial charge in [0.1, 0.15) is 0 Å². The first kappa shape index (κ1) is 6.89. The summed E-state index contributed by atoms with van der Waals surface area (Å²) in [5.74, 6) is 1.12. The van der Waals surface area contributed by atoms with E-state index in [0.717, 1.165) is 5.75 Å². The van der Waals surface area contributed by atoms with Gasteiger partial charge in [-0.3, -0.25) is 0 Å². The van der Waals surface area contributed by atoms with Crippen molar-refractivity contribution < 1.29 is 0 Å². The minimum absolute atomic E-state index is 0.478. The maximum atomic E-state index is 4.21. The molecule has 1 aliphatic heterocycles. The molecule has 0 saturated carbocycles. The first-order valence-corrected chi connectivity index (χ1v) is 5.79. The third-order valence-electron chi connectivity index (χ3n) is 1.61. The van der Waals surface area contributed by atoms with E-state index in [0.29, 0.717) is 7.92 Å². The lowest BCUT2D eigenvalue weighted by Gasteiger charge is -2.04. The fourth-order valence-corrected chi connectivity index (χ4v) is 4.29. The van der Waals surface area contributed by atoms with Crippen molar-refractivity contribution in [2.45, 2.75) is 12.8 Å². The van der Waals surface area contributed by atoms with Gasteiger partial charge in [0.15, 0.2) is 0 Å². The Bertz CT molecular complexity index is 59.5. The lowest BCUT2D eigenvalue weighted by molar-refractivity contribution is 0.949. The molecule has 0 aliphatic carbocycles. The summed E-state index contributed by atoms with van der Waals surface area (Å²) in [5, 5.41) is 0. The van der Waals surface area contributed by atoms with Gasteiger partial charge in [-0.2, -0.15) is 12.6 Å². The van der Waals surface area contributed by atoms with Crippen molar-refractivity contribution in [1.29, 1.82) is 0 Å². The molecule has 1 rings (SSSR count). The van der Waals surface area contributed by atoms with Gasteiger partial charge in [0.25, 0.3) is 0 Å². The second-order valence-corrected chi connectivity index (χ2v) is 5.40. The lowest BCUT2D eigenvalue weighted by Crippen LogP contribution is -1.85. The molecule has 1 saturated heterocycles. The molecular weight excluding hydrogens is 135 g/mol. The van der Waals surface area contributed by atoms with Crippen molar-refractivity contribution in [1.82, 2.24) is 0 Å². The van der Waals surface area contributed by atoms with Crippen LogP contribution in [-0.2, 0) is 0 Å². The van der Waals surface area contributed by atoms with Crippen LogP contribution in [0.3, 0.4) is 0 Å². The molecule has 0 radical (unpaired) electrons. The van der Waals surface area contributed by atoms with Gasteiger partial charge in [0, 0.05) is 0 Å². The normalized spacial score (nSPS) is 22.1. The largest absolute Gasteiger partial charge is 0.179 e.